The van der Waals surface area contributed by atoms with Crippen LogP contribution in [0.4, 0.5) is 5.00 Å². The molecule has 0 bridgehead atoms. The van der Waals surface area contributed by atoms with E-state index in [0.717, 1.165) is 29.3 Å². The summed E-state index contributed by atoms with van der Waals surface area (Å²) < 4.78 is 1.95. The van der Waals surface area contributed by atoms with Crippen LogP contribution in [0.25, 0.3) is 0 Å². The van der Waals surface area contributed by atoms with Crippen LogP contribution in [0.3, 0.4) is 0 Å². The molecule has 1 aromatic rings. The topological polar surface area (TPSA) is 38.8 Å². The standard InChI is InChI=1S/C13H17N3S/c1-9-4-5-10-11(7-14)13(15-8-16(2)3)17-12(10)6-9/h8-9H,4-6H2,1-3H3/p+1/t9-/m0/s1. The van der Waals surface area contributed by atoms with E-state index in [0.29, 0.717) is 0 Å². The van der Waals surface area contributed by atoms with Gasteiger partial charge in [0.2, 0.25) is 6.34 Å². The Hall–Kier alpha value is -1.34. The van der Waals surface area contributed by atoms with Crippen LogP contribution < -0.4 is 5.32 Å². The summed E-state index contributed by atoms with van der Waals surface area (Å²) in [6.07, 6.45) is 5.27. The molecule has 0 aromatic carbocycles. The molecule has 1 N–H and O–H groups in total. The van der Waals surface area contributed by atoms with E-state index < -0.39 is 0 Å². The Morgan fingerprint density at radius 1 is 1.53 bits per heavy atom. The first-order chi connectivity index (χ1) is 8.11. The van der Waals surface area contributed by atoms with Gasteiger partial charge in [-0.2, -0.15) is 5.26 Å². The van der Waals surface area contributed by atoms with Gasteiger partial charge in [-0.25, -0.2) is 5.32 Å². The smallest absolute Gasteiger partial charge is 0.237 e. The van der Waals surface area contributed by atoms with Crippen molar-refractivity contribution >= 4 is 22.7 Å². The number of anilines is 1. The van der Waals surface area contributed by atoms with Crippen molar-refractivity contribution in [3.05, 3.63) is 16.0 Å². The highest BCUT2D eigenvalue weighted by atomic mass is 32.1. The second-order valence-electron chi connectivity index (χ2n) is 4.90. The Labute approximate surface area is 106 Å². The molecule has 1 aliphatic carbocycles. The summed E-state index contributed by atoms with van der Waals surface area (Å²) in [6.45, 7) is 2.29. The third kappa shape index (κ3) is 2.50. The highest BCUT2D eigenvalue weighted by Gasteiger charge is 2.25. The van der Waals surface area contributed by atoms with Gasteiger partial charge in [-0.05, 0) is 30.7 Å². The molecular formula is C13H18N3S+. The van der Waals surface area contributed by atoms with E-state index in [4.69, 9.17) is 0 Å². The molecular weight excluding hydrogens is 230 g/mol. The van der Waals surface area contributed by atoms with Crippen molar-refractivity contribution in [2.75, 3.05) is 19.4 Å². The summed E-state index contributed by atoms with van der Waals surface area (Å²) in [5, 5.41) is 13.5. The van der Waals surface area contributed by atoms with Crippen molar-refractivity contribution in [2.45, 2.75) is 26.2 Å². The average Bonchev–Trinajstić information content (AvgIpc) is 2.62. The number of thiophene rings is 1. The second-order valence-corrected chi connectivity index (χ2v) is 6.01. The molecule has 1 heterocycles. The van der Waals surface area contributed by atoms with Gasteiger partial charge in [-0.3, -0.25) is 4.58 Å². The van der Waals surface area contributed by atoms with Crippen LogP contribution >= 0.6 is 11.3 Å². The van der Waals surface area contributed by atoms with Crippen LogP contribution in [0.1, 0.15) is 29.3 Å². The lowest BCUT2D eigenvalue weighted by Gasteiger charge is -2.17. The van der Waals surface area contributed by atoms with Gasteiger partial charge in [0.05, 0.1) is 14.1 Å². The lowest BCUT2D eigenvalue weighted by atomic mass is 9.89. The minimum atomic E-state index is 0.748. The molecule has 1 aliphatic rings. The van der Waals surface area contributed by atoms with E-state index in [2.05, 4.69) is 18.3 Å². The fourth-order valence-electron chi connectivity index (χ4n) is 2.16. The van der Waals surface area contributed by atoms with E-state index in [-0.39, 0.29) is 0 Å². The first-order valence-corrected chi connectivity index (χ1v) is 6.74. The summed E-state index contributed by atoms with van der Waals surface area (Å²) in [6, 6.07) is 2.35. The van der Waals surface area contributed by atoms with E-state index in [9.17, 15) is 5.26 Å². The minimum absolute atomic E-state index is 0.748. The van der Waals surface area contributed by atoms with E-state index in [1.165, 1.54) is 16.9 Å². The number of fused-ring (bicyclic) bond motifs is 1. The predicted molar refractivity (Wildman–Crippen MR) is 72.0 cm³/mol. The molecule has 0 fully saturated rings. The molecule has 0 amide bonds. The third-order valence-corrected chi connectivity index (χ3v) is 4.26. The van der Waals surface area contributed by atoms with Gasteiger partial charge in [-0.1, -0.05) is 18.3 Å². The Morgan fingerprint density at radius 3 is 2.94 bits per heavy atom. The molecule has 0 saturated heterocycles. The highest BCUT2D eigenvalue weighted by Crippen LogP contribution is 2.38. The van der Waals surface area contributed by atoms with Crippen molar-refractivity contribution in [2.24, 2.45) is 5.92 Å². The Kier molecular flexibility index (Phi) is 3.49. The molecule has 3 nitrogen and oxygen atoms in total. The minimum Gasteiger partial charge on any atom is -0.273 e. The SMILES string of the molecule is C[C@H]1CCc2c(sc(NC=[N+](C)C)c2C#N)C1. The number of hydrogen-bond donors (Lipinski definition) is 1. The number of nitriles is 1. The molecule has 1 atom stereocenters. The van der Waals surface area contributed by atoms with Gasteiger partial charge in [0.15, 0.2) is 5.00 Å². The van der Waals surface area contributed by atoms with Gasteiger partial charge in [0.1, 0.15) is 11.6 Å². The molecule has 0 unspecified atom stereocenters. The van der Waals surface area contributed by atoms with Crippen molar-refractivity contribution in [1.29, 1.82) is 5.26 Å². The van der Waals surface area contributed by atoms with E-state index >= 15 is 0 Å². The molecule has 0 saturated carbocycles. The maximum Gasteiger partial charge on any atom is 0.237 e. The molecule has 1 aromatic heterocycles. The summed E-state index contributed by atoms with van der Waals surface area (Å²) >= 11 is 1.74. The molecule has 2 rings (SSSR count). The fourth-order valence-corrected chi connectivity index (χ4v) is 3.48. The fraction of sp³-hybridized carbons (Fsp3) is 0.538. The van der Waals surface area contributed by atoms with E-state index in [1.807, 2.05) is 25.0 Å². The number of nitrogens with one attached hydrogen (secondary N) is 1. The van der Waals surface area contributed by atoms with Crippen molar-refractivity contribution in [1.82, 2.24) is 0 Å². The van der Waals surface area contributed by atoms with Gasteiger partial charge in [0, 0.05) is 4.88 Å². The van der Waals surface area contributed by atoms with Crippen LogP contribution in [-0.4, -0.2) is 25.0 Å². The van der Waals surface area contributed by atoms with Crippen LogP contribution in [0, 0.1) is 17.2 Å². The molecule has 0 aliphatic heterocycles. The van der Waals surface area contributed by atoms with Crippen LogP contribution in [0.15, 0.2) is 0 Å². The Bertz CT molecular complexity index is 489. The van der Waals surface area contributed by atoms with Crippen molar-refractivity contribution in [3.63, 3.8) is 0 Å². The van der Waals surface area contributed by atoms with Crippen molar-refractivity contribution < 1.29 is 4.58 Å². The van der Waals surface area contributed by atoms with Crippen LogP contribution in [-0.2, 0) is 12.8 Å². The number of rotatable bonds is 2. The van der Waals surface area contributed by atoms with Crippen LogP contribution in [0.5, 0.6) is 0 Å². The highest BCUT2D eigenvalue weighted by molar-refractivity contribution is 7.16. The molecule has 0 spiro atoms. The predicted octanol–water partition coefficient (Wildman–Crippen LogP) is 2.46. The van der Waals surface area contributed by atoms with Gasteiger partial charge in [0.25, 0.3) is 0 Å². The van der Waals surface area contributed by atoms with Gasteiger partial charge < -0.3 is 0 Å². The summed E-state index contributed by atoms with van der Waals surface area (Å²) in [4.78, 5) is 1.40. The molecule has 17 heavy (non-hydrogen) atoms. The third-order valence-electron chi connectivity index (χ3n) is 3.08. The maximum atomic E-state index is 9.28. The van der Waals surface area contributed by atoms with Crippen LogP contribution in [0.2, 0.25) is 0 Å². The first kappa shape index (κ1) is 12.1. The first-order valence-electron chi connectivity index (χ1n) is 5.92. The maximum absolute atomic E-state index is 9.28. The number of hydrogen-bond acceptors (Lipinski definition) is 2. The summed E-state index contributed by atoms with van der Waals surface area (Å²) in [7, 11) is 3.93. The zero-order valence-corrected chi connectivity index (χ0v) is 11.4. The Balaban J connectivity index is 2.35. The largest absolute Gasteiger partial charge is 0.273 e. The summed E-state index contributed by atoms with van der Waals surface area (Å²) in [5.74, 6) is 0.748. The monoisotopic (exact) mass is 248 g/mol. The molecule has 0 radical (unpaired) electrons. The summed E-state index contributed by atoms with van der Waals surface area (Å²) in [5.41, 5.74) is 2.14. The second kappa shape index (κ2) is 4.89. The lowest BCUT2D eigenvalue weighted by molar-refractivity contribution is -0.459. The van der Waals surface area contributed by atoms with Gasteiger partial charge in [-0.15, -0.1) is 0 Å². The Morgan fingerprint density at radius 2 is 2.29 bits per heavy atom. The van der Waals surface area contributed by atoms with Gasteiger partial charge >= 0.3 is 0 Å². The number of nitrogens with zero attached hydrogens (tertiary/aromatic N) is 2. The lowest BCUT2D eigenvalue weighted by Crippen LogP contribution is -2.09. The molecule has 4 heteroatoms. The quantitative estimate of drug-likeness (QED) is 0.496. The average molecular weight is 248 g/mol. The zero-order chi connectivity index (χ0) is 12.4. The van der Waals surface area contributed by atoms with E-state index in [1.54, 1.807) is 11.3 Å². The molecule has 90 valence electrons. The normalized spacial score (nSPS) is 18.1. The van der Waals surface area contributed by atoms with Crippen molar-refractivity contribution in [3.8, 4) is 6.07 Å². The zero-order valence-electron chi connectivity index (χ0n) is 10.6.